The van der Waals surface area contributed by atoms with Gasteiger partial charge in [-0.2, -0.15) is 0 Å². The standard InChI is InChI=1S/C11H22N2O2.ClH/c1-4-11(2,3)13-10(14)5-6-15-9-7-12-8-9;/h9,12H,4-8H2,1-3H3,(H,13,14);1H. The Morgan fingerprint density at radius 2 is 2.12 bits per heavy atom. The van der Waals surface area contributed by atoms with Crippen molar-refractivity contribution in [1.82, 2.24) is 10.6 Å². The van der Waals surface area contributed by atoms with Crippen molar-refractivity contribution >= 4 is 18.3 Å². The van der Waals surface area contributed by atoms with E-state index in [1.54, 1.807) is 0 Å². The molecule has 0 aromatic heterocycles. The van der Waals surface area contributed by atoms with E-state index >= 15 is 0 Å². The van der Waals surface area contributed by atoms with E-state index in [0.717, 1.165) is 19.5 Å². The largest absolute Gasteiger partial charge is 0.375 e. The molecule has 0 aromatic carbocycles. The lowest BCUT2D eigenvalue weighted by atomic mass is 10.0. The predicted molar refractivity (Wildman–Crippen MR) is 67.0 cm³/mol. The second-order valence-electron chi connectivity index (χ2n) is 4.69. The summed E-state index contributed by atoms with van der Waals surface area (Å²) >= 11 is 0. The van der Waals surface area contributed by atoms with E-state index in [2.05, 4.69) is 17.6 Å². The molecule has 4 nitrogen and oxygen atoms in total. The topological polar surface area (TPSA) is 50.4 Å². The summed E-state index contributed by atoms with van der Waals surface area (Å²) in [4.78, 5) is 11.5. The van der Waals surface area contributed by atoms with Crippen LogP contribution in [0, 0.1) is 0 Å². The summed E-state index contributed by atoms with van der Waals surface area (Å²) in [6, 6.07) is 0. The molecule has 1 saturated heterocycles. The Bertz CT molecular complexity index is 218. The normalized spacial score (nSPS) is 16.2. The van der Waals surface area contributed by atoms with Gasteiger partial charge in [0.2, 0.25) is 5.91 Å². The Morgan fingerprint density at radius 1 is 1.50 bits per heavy atom. The van der Waals surface area contributed by atoms with Gasteiger partial charge in [0.05, 0.1) is 12.7 Å². The van der Waals surface area contributed by atoms with E-state index in [1.807, 2.05) is 13.8 Å². The van der Waals surface area contributed by atoms with Gasteiger partial charge in [0.1, 0.15) is 0 Å². The average molecular weight is 251 g/mol. The number of amides is 1. The Balaban J connectivity index is 0.00000225. The van der Waals surface area contributed by atoms with E-state index in [4.69, 9.17) is 4.74 Å². The van der Waals surface area contributed by atoms with Crippen molar-refractivity contribution in [3.05, 3.63) is 0 Å². The summed E-state index contributed by atoms with van der Waals surface area (Å²) < 4.78 is 5.47. The van der Waals surface area contributed by atoms with Gasteiger partial charge < -0.3 is 15.4 Å². The Morgan fingerprint density at radius 3 is 2.56 bits per heavy atom. The monoisotopic (exact) mass is 250 g/mol. The maximum Gasteiger partial charge on any atom is 0.222 e. The van der Waals surface area contributed by atoms with Crippen LogP contribution in [0.3, 0.4) is 0 Å². The van der Waals surface area contributed by atoms with Crippen LogP contribution in [0.4, 0.5) is 0 Å². The van der Waals surface area contributed by atoms with Crippen molar-refractivity contribution in [3.63, 3.8) is 0 Å². The van der Waals surface area contributed by atoms with Crippen LogP contribution in [0.15, 0.2) is 0 Å². The summed E-state index contributed by atoms with van der Waals surface area (Å²) in [7, 11) is 0. The number of nitrogens with one attached hydrogen (secondary N) is 2. The number of carbonyl (C=O) groups excluding carboxylic acids is 1. The molecule has 1 amide bonds. The van der Waals surface area contributed by atoms with Crippen LogP contribution in [-0.4, -0.2) is 37.2 Å². The zero-order valence-electron chi connectivity index (χ0n) is 10.3. The van der Waals surface area contributed by atoms with Crippen LogP contribution in [0.5, 0.6) is 0 Å². The Kier molecular flexibility index (Phi) is 6.95. The van der Waals surface area contributed by atoms with E-state index in [1.165, 1.54) is 0 Å². The molecule has 2 N–H and O–H groups in total. The molecule has 96 valence electrons. The van der Waals surface area contributed by atoms with Crippen molar-refractivity contribution in [2.24, 2.45) is 0 Å². The first-order valence-electron chi connectivity index (χ1n) is 5.67. The quantitative estimate of drug-likeness (QED) is 0.742. The van der Waals surface area contributed by atoms with Crippen LogP contribution < -0.4 is 10.6 Å². The number of hydrogen-bond acceptors (Lipinski definition) is 3. The average Bonchev–Trinajstić information content (AvgIpc) is 2.09. The minimum absolute atomic E-state index is 0. The number of hydrogen-bond donors (Lipinski definition) is 2. The second-order valence-corrected chi connectivity index (χ2v) is 4.69. The van der Waals surface area contributed by atoms with Crippen LogP contribution >= 0.6 is 12.4 Å². The fraction of sp³-hybridized carbons (Fsp3) is 0.909. The summed E-state index contributed by atoms with van der Waals surface area (Å²) in [6.45, 7) is 8.49. The van der Waals surface area contributed by atoms with Crippen LogP contribution in [0.1, 0.15) is 33.6 Å². The van der Waals surface area contributed by atoms with Gasteiger partial charge >= 0.3 is 0 Å². The molecule has 0 aliphatic carbocycles. The highest BCUT2D eigenvalue weighted by atomic mass is 35.5. The van der Waals surface area contributed by atoms with Crippen molar-refractivity contribution < 1.29 is 9.53 Å². The molecule has 0 aromatic rings. The molecule has 1 heterocycles. The van der Waals surface area contributed by atoms with Gasteiger partial charge in [0.25, 0.3) is 0 Å². The third-order valence-electron chi connectivity index (χ3n) is 2.79. The first kappa shape index (κ1) is 15.7. The first-order valence-corrected chi connectivity index (χ1v) is 5.67. The van der Waals surface area contributed by atoms with E-state index in [0.29, 0.717) is 19.1 Å². The molecule has 0 atom stereocenters. The number of ether oxygens (including phenoxy) is 1. The first-order chi connectivity index (χ1) is 7.03. The van der Waals surface area contributed by atoms with Gasteiger partial charge in [-0.1, -0.05) is 6.92 Å². The van der Waals surface area contributed by atoms with Crippen molar-refractivity contribution in [2.45, 2.75) is 45.3 Å². The minimum atomic E-state index is -0.102. The summed E-state index contributed by atoms with van der Waals surface area (Å²) in [5, 5.41) is 6.10. The molecule has 0 bridgehead atoms. The van der Waals surface area contributed by atoms with Crippen LogP contribution in [0.2, 0.25) is 0 Å². The van der Waals surface area contributed by atoms with Gasteiger partial charge in [-0.3, -0.25) is 4.79 Å². The molecule has 16 heavy (non-hydrogen) atoms. The van der Waals surface area contributed by atoms with Gasteiger partial charge in [-0.25, -0.2) is 0 Å². The van der Waals surface area contributed by atoms with E-state index in [9.17, 15) is 4.79 Å². The molecule has 1 aliphatic rings. The SMILES string of the molecule is CCC(C)(C)NC(=O)CCOC1CNC1.Cl. The molecule has 1 aliphatic heterocycles. The fourth-order valence-electron chi connectivity index (χ4n) is 1.23. The lowest BCUT2D eigenvalue weighted by Crippen LogP contribution is -2.49. The third kappa shape index (κ3) is 5.68. The zero-order chi connectivity index (χ0) is 11.3. The summed E-state index contributed by atoms with van der Waals surface area (Å²) in [6.07, 6.45) is 1.71. The number of carbonyl (C=O) groups is 1. The lowest BCUT2D eigenvalue weighted by Gasteiger charge is -2.28. The van der Waals surface area contributed by atoms with Crippen molar-refractivity contribution in [3.8, 4) is 0 Å². The molecule has 0 radical (unpaired) electrons. The predicted octanol–water partition coefficient (Wildman–Crippen LogP) is 1.09. The van der Waals surface area contributed by atoms with E-state index in [-0.39, 0.29) is 23.9 Å². The molecular weight excluding hydrogens is 228 g/mol. The molecule has 1 rings (SSSR count). The van der Waals surface area contributed by atoms with E-state index < -0.39 is 0 Å². The summed E-state index contributed by atoms with van der Waals surface area (Å²) in [5.74, 6) is 0.0779. The van der Waals surface area contributed by atoms with Crippen LogP contribution in [-0.2, 0) is 9.53 Å². The highest BCUT2D eigenvalue weighted by molar-refractivity contribution is 5.85. The zero-order valence-corrected chi connectivity index (χ0v) is 11.2. The van der Waals surface area contributed by atoms with Crippen molar-refractivity contribution in [1.29, 1.82) is 0 Å². The smallest absolute Gasteiger partial charge is 0.222 e. The second kappa shape index (κ2) is 7.09. The van der Waals surface area contributed by atoms with Gasteiger partial charge in [0, 0.05) is 25.0 Å². The van der Waals surface area contributed by atoms with Gasteiger partial charge in [-0.05, 0) is 20.3 Å². The maximum absolute atomic E-state index is 11.5. The van der Waals surface area contributed by atoms with Gasteiger partial charge in [-0.15, -0.1) is 12.4 Å². The Hall–Kier alpha value is -0.320. The lowest BCUT2D eigenvalue weighted by molar-refractivity contribution is -0.124. The Labute approximate surface area is 104 Å². The maximum atomic E-state index is 11.5. The minimum Gasteiger partial charge on any atom is -0.375 e. The molecule has 0 saturated carbocycles. The molecule has 0 spiro atoms. The summed E-state index contributed by atoms with van der Waals surface area (Å²) in [5.41, 5.74) is -0.102. The van der Waals surface area contributed by atoms with Gasteiger partial charge in [0.15, 0.2) is 0 Å². The highest BCUT2D eigenvalue weighted by Gasteiger charge is 2.19. The number of halogens is 1. The third-order valence-corrected chi connectivity index (χ3v) is 2.79. The fourth-order valence-corrected chi connectivity index (χ4v) is 1.23. The molecule has 0 unspecified atom stereocenters. The van der Waals surface area contributed by atoms with Crippen molar-refractivity contribution in [2.75, 3.05) is 19.7 Å². The molecule has 1 fully saturated rings. The highest BCUT2D eigenvalue weighted by Crippen LogP contribution is 2.07. The number of rotatable bonds is 6. The molecular formula is C11H23ClN2O2. The molecule has 5 heteroatoms. The van der Waals surface area contributed by atoms with Crippen LogP contribution in [0.25, 0.3) is 0 Å².